The minimum Gasteiger partial charge on any atom is -0.366 e. The van der Waals surface area contributed by atoms with Gasteiger partial charge in [-0.1, -0.05) is 48.0 Å². The van der Waals surface area contributed by atoms with E-state index in [1.807, 2.05) is 12.1 Å². The minimum absolute atomic E-state index is 0.312. The number of hydrogen-bond acceptors (Lipinski definition) is 3. The van der Waals surface area contributed by atoms with Crippen LogP contribution in [0.3, 0.4) is 0 Å². The summed E-state index contributed by atoms with van der Waals surface area (Å²) in [5.41, 5.74) is 2.96. The van der Waals surface area contributed by atoms with Crippen LogP contribution in [0.25, 0.3) is 11.4 Å². The van der Waals surface area contributed by atoms with Crippen molar-refractivity contribution in [1.29, 1.82) is 0 Å². The summed E-state index contributed by atoms with van der Waals surface area (Å²) in [5, 5.41) is 3.55. The highest BCUT2D eigenvalue weighted by Gasteiger charge is 2.07. The Hall–Kier alpha value is -2.46. The van der Waals surface area contributed by atoms with Crippen molar-refractivity contribution < 1.29 is 4.39 Å². The van der Waals surface area contributed by atoms with Gasteiger partial charge in [0.2, 0.25) is 0 Å². The van der Waals surface area contributed by atoms with Crippen molar-refractivity contribution in [3.63, 3.8) is 0 Å². The van der Waals surface area contributed by atoms with Gasteiger partial charge in [0.05, 0.1) is 0 Å². The van der Waals surface area contributed by atoms with Crippen molar-refractivity contribution in [2.75, 3.05) is 5.32 Å². The monoisotopic (exact) mass is 327 g/mol. The molecule has 1 N–H and O–H groups in total. The van der Waals surface area contributed by atoms with E-state index in [1.165, 1.54) is 23.3 Å². The molecule has 0 radical (unpaired) electrons. The Morgan fingerprint density at radius 2 is 1.87 bits per heavy atom. The molecular weight excluding hydrogens is 313 g/mol. The quantitative estimate of drug-likeness (QED) is 0.696. The fraction of sp³-hybridized carbons (Fsp3) is 0.111. The lowest BCUT2D eigenvalue weighted by Gasteiger charge is -2.10. The van der Waals surface area contributed by atoms with E-state index >= 15 is 0 Å². The number of hydrogen-bond donors (Lipinski definition) is 1. The van der Waals surface area contributed by atoms with E-state index in [-0.39, 0.29) is 5.82 Å². The normalized spacial score (nSPS) is 10.6. The molecule has 1 heterocycles. The first-order valence-corrected chi connectivity index (χ1v) is 7.58. The first kappa shape index (κ1) is 15.4. The minimum atomic E-state index is -0.333. The predicted octanol–water partition coefficient (Wildman–Crippen LogP) is 4.86. The SMILES string of the molecule is Cc1ccccc1CNc1cc(Cl)nc(-c2cccc(F)c2)n1. The van der Waals surface area contributed by atoms with Crippen molar-refractivity contribution in [3.8, 4) is 11.4 Å². The van der Waals surface area contributed by atoms with Crippen LogP contribution in [0.1, 0.15) is 11.1 Å². The molecule has 0 bridgehead atoms. The van der Waals surface area contributed by atoms with Crippen LogP contribution in [0.15, 0.2) is 54.6 Å². The molecule has 0 aliphatic heterocycles. The van der Waals surface area contributed by atoms with Gasteiger partial charge in [-0.25, -0.2) is 14.4 Å². The highest BCUT2D eigenvalue weighted by atomic mass is 35.5. The van der Waals surface area contributed by atoms with Crippen molar-refractivity contribution in [3.05, 3.63) is 76.7 Å². The molecule has 0 spiro atoms. The second kappa shape index (κ2) is 6.75. The molecule has 0 aliphatic rings. The van der Waals surface area contributed by atoms with Gasteiger partial charge in [0.25, 0.3) is 0 Å². The molecular formula is C18H15ClFN3. The molecule has 0 atom stereocenters. The largest absolute Gasteiger partial charge is 0.366 e. The van der Waals surface area contributed by atoms with Gasteiger partial charge in [-0.05, 0) is 30.2 Å². The van der Waals surface area contributed by atoms with Crippen LogP contribution in [0.4, 0.5) is 10.2 Å². The molecule has 0 saturated heterocycles. The number of nitrogens with one attached hydrogen (secondary N) is 1. The molecule has 3 rings (SSSR count). The predicted molar refractivity (Wildman–Crippen MR) is 90.9 cm³/mol. The standard InChI is InChI=1S/C18H15ClFN3/c1-12-5-2-3-6-14(12)11-21-17-10-16(19)22-18(23-17)13-7-4-8-15(20)9-13/h2-10H,11H2,1H3,(H,21,22,23). The van der Waals surface area contributed by atoms with Crippen molar-refractivity contribution in [2.24, 2.45) is 0 Å². The lowest BCUT2D eigenvalue weighted by Crippen LogP contribution is -2.04. The number of benzene rings is 2. The molecule has 116 valence electrons. The van der Waals surface area contributed by atoms with E-state index in [1.54, 1.807) is 18.2 Å². The first-order chi connectivity index (χ1) is 11.1. The van der Waals surface area contributed by atoms with Gasteiger partial charge in [-0.15, -0.1) is 0 Å². The summed E-state index contributed by atoms with van der Waals surface area (Å²) in [5.74, 6) is 0.664. The van der Waals surface area contributed by atoms with Gasteiger partial charge < -0.3 is 5.32 Å². The van der Waals surface area contributed by atoms with Crippen LogP contribution in [-0.4, -0.2) is 9.97 Å². The third-order valence-electron chi connectivity index (χ3n) is 3.50. The van der Waals surface area contributed by atoms with E-state index < -0.39 is 0 Å². The summed E-state index contributed by atoms with van der Waals surface area (Å²) in [4.78, 5) is 8.58. The third kappa shape index (κ3) is 3.85. The zero-order chi connectivity index (χ0) is 16.2. The Morgan fingerprint density at radius 1 is 1.04 bits per heavy atom. The van der Waals surface area contributed by atoms with Crippen LogP contribution in [0, 0.1) is 12.7 Å². The van der Waals surface area contributed by atoms with Gasteiger partial charge in [-0.2, -0.15) is 0 Å². The van der Waals surface area contributed by atoms with E-state index in [0.29, 0.717) is 28.9 Å². The van der Waals surface area contributed by atoms with Gasteiger partial charge in [-0.3, -0.25) is 0 Å². The van der Waals surface area contributed by atoms with E-state index in [9.17, 15) is 4.39 Å². The van der Waals surface area contributed by atoms with Crippen molar-refractivity contribution >= 4 is 17.4 Å². The van der Waals surface area contributed by atoms with Crippen molar-refractivity contribution in [1.82, 2.24) is 9.97 Å². The topological polar surface area (TPSA) is 37.8 Å². The second-order valence-corrected chi connectivity index (χ2v) is 5.58. The molecule has 23 heavy (non-hydrogen) atoms. The molecule has 2 aromatic carbocycles. The summed E-state index contributed by atoms with van der Waals surface area (Å²) in [6, 6.07) is 15.9. The maximum atomic E-state index is 13.4. The Balaban J connectivity index is 1.85. The van der Waals surface area contributed by atoms with Gasteiger partial charge >= 0.3 is 0 Å². The summed E-state index contributed by atoms with van der Waals surface area (Å²) in [6.07, 6.45) is 0. The molecule has 0 amide bonds. The molecule has 1 aromatic heterocycles. The fourth-order valence-electron chi connectivity index (χ4n) is 2.26. The van der Waals surface area contributed by atoms with Crippen LogP contribution < -0.4 is 5.32 Å². The molecule has 0 fully saturated rings. The van der Waals surface area contributed by atoms with Gasteiger partial charge in [0.15, 0.2) is 5.82 Å². The molecule has 3 nitrogen and oxygen atoms in total. The van der Waals surface area contributed by atoms with Crippen LogP contribution in [-0.2, 0) is 6.54 Å². The lowest BCUT2D eigenvalue weighted by molar-refractivity contribution is 0.628. The average Bonchev–Trinajstić information content (AvgIpc) is 2.54. The number of nitrogens with zero attached hydrogens (tertiary/aromatic N) is 2. The lowest BCUT2D eigenvalue weighted by atomic mass is 10.1. The van der Waals surface area contributed by atoms with Crippen molar-refractivity contribution in [2.45, 2.75) is 13.5 Å². The van der Waals surface area contributed by atoms with Crippen LogP contribution in [0.5, 0.6) is 0 Å². The number of anilines is 1. The molecule has 0 saturated carbocycles. The summed E-state index contributed by atoms with van der Waals surface area (Å²) >= 11 is 6.07. The zero-order valence-corrected chi connectivity index (χ0v) is 13.3. The Bertz CT molecular complexity index is 836. The zero-order valence-electron chi connectivity index (χ0n) is 12.6. The number of aromatic nitrogens is 2. The number of rotatable bonds is 4. The number of halogens is 2. The van der Waals surface area contributed by atoms with Crippen LogP contribution in [0.2, 0.25) is 5.15 Å². The fourth-order valence-corrected chi connectivity index (χ4v) is 2.44. The molecule has 0 aliphatic carbocycles. The van der Waals surface area contributed by atoms with E-state index in [4.69, 9.17) is 11.6 Å². The second-order valence-electron chi connectivity index (χ2n) is 5.19. The summed E-state index contributed by atoms with van der Waals surface area (Å²) in [7, 11) is 0. The Labute approximate surface area is 139 Å². The maximum Gasteiger partial charge on any atom is 0.163 e. The Kier molecular flexibility index (Phi) is 4.53. The highest BCUT2D eigenvalue weighted by Crippen LogP contribution is 2.21. The number of aryl methyl sites for hydroxylation is 1. The van der Waals surface area contributed by atoms with Crippen LogP contribution >= 0.6 is 11.6 Å². The molecule has 0 unspecified atom stereocenters. The third-order valence-corrected chi connectivity index (χ3v) is 3.69. The first-order valence-electron chi connectivity index (χ1n) is 7.21. The smallest absolute Gasteiger partial charge is 0.163 e. The molecule has 5 heteroatoms. The highest BCUT2D eigenvalue weighted by molar-refractivity contribution is 6.29. The van der Waals surface area contributed by atoms with Gasteiger partial charge in [0.1, 0.15) is 16.8 Å². The Morgan fingerprint density at radius 3 is 2.65 bits per heavy atom. The summed E-state index contributed by atoms with van der Waals surface area (Å²) in [6.45, 7) is 2.69. The molecule has 3 aromatic rings. The van der Waals surface area contributed by atoms with E-state index in [0.717, 1.165) is 0 Å². The maximum absolute atomic E-state index is 13.4. The average molecular weight is 328 g/mol. The van der Waals surface area contributed by atoms with E-state index in [2.05, 4.69) is 34.3 Å². The van der Waals surface area contributed by atoms with Gasteiger partial charge in [0, 0.05) is 18.2 Å². The summed E-state index contributed by atoms with van der Waals surface area (Å²) < 4.78 is 13.4.